The predicted octanol–water partition coefficient (Wildman–Crippen LogP) is 3.56. The van der Waals surface area contributed by atoms with Crippen molar-refractivity contribution in [1.82, 2.24) is 0 Å². The van der Waals surface area contributed by atoms with Crippen LogP contribution in [0.1, 0.15) is 22.3 Å². The van der Waals surface area contributed by atoms with Gasteiger partial charge in [0.1, 0.15) is 23.1 Å². The summed E-state index contributed by atoms with van der Waals surface area (Å²) in [5.41, 5.74) is 0.346. The van der Waals surface area contributed by atoms with Crippen molar-refractivity contribution in [2.45, 2.75) is 6.42 Å². The van der Waals surface area contributed by atoms with Crippen LogP contribution in [0, 0.1) is 32.8 Å². The molecule has 0 unspecified atom stereocenters. The van der Waals surface area contributed by atoms with Gasteiger partial charge in [0.25, 0.3) is 5.69 Å². The fraction of sp³-hybridized carbons (Fsp3) is 0.0952. The standard InChI is InChI=1S/C21H13N3O5/c1-28-18-6-3-13(4-7-18)20-10-15(19(12-23)21(25)29-20)8-14-2-5-17(24(26)27)9-16(14)11-22/h2-7,9-10H,8H2,1H3. The van der Waals surface area contributed by atoms with Crippen LogP contribution in [-0.2, 0) is 6.42 Å². The number of methoxy groups -OCH3 is 1. The molecule has 2 aromatic carbocycles. The second-order valence-corrected chi connectivity index (χ2v) is 6.03. The molecule has 1 aromatic heterocycles. The molecule has 0 aliphatic carbocycles. The molecular formula is C21H13N3O5. The number of benzene rings is 2. The zero-order valence-electron chi connectivity index (χ0n) is 15.2. The molecule has 3 rings (SSSR count). The van der Waals surface area contributed by atoms with Gasteiger partial charge >= 0.3 is 5.63 Å². The molecule has 0 N–H and O–H groups in total. The van der Waals surface area contributed by atoms with Crippen LogP contribution in [-0.4, -0.2) is 12.0 Å². The summed E-state index contributed by atoms with van der Waals surface area (Å²) in [5, 5.41) is 29.6. The van der Waals surface area contributed by atoms with Gasteiger partial charge in [-0.3, -0.25) is 10.1 Å². The highest BCUT2D eigenvalue weighted by Crippen LogP contribution is 2.26. The first-order chi connectivity index (χ1) is 14.0. The maximum atomic E-state index is 12.3. The summed E-state index contributed by atoms with van der Waals surface area (Å²) >= 11 is 0. The molecule has 0 saturated heterocycles. The lowest BCUT2D eigenvalue weighted by Crippen LogP contribution is -2.10. The van der Waals surface area contributed by atoms with Crippen molar-refractivity contribution in [2.24, 2.45) is 0 Å². The molecule has 0 spiro atoms. The summed E-state index contributed by atoms with van der Waals surface area (Å²) in [5.74, 6) is 0.890. The van der Waals surface area contributed by atoms with Gasteiger partial charge < -0.3 is 9.15 Å². The van der Waals surface area contributed by atoms with E-state index in [9.17, 15) is 25.4 Å². The average molecular weight is 387 g/mol. The highest BCUT2D eigenvalue weighted by atomic mass is 16.6. The van der Waals surface area contributed by atoms with E-state index in [4.69, 9.17) is 9.15 Å². The maximum absolute atomic E-state index is 12.3. The Morgan fingerprint density at radius 1 is 1.07 bits per heavy atom. The third-order valence-corrected chi connectivity index (χ3v) is 4.33. The molecule has 0 amide bonds. The van der Waals surface area contributed by atoms with Gasteiger partial charge in [-0.1, -0.05) is 6.07 Å². The number of nitrogens with zero attached hydrogens (tertiary/aromatic N) is 3. The van der Waals surface area contributed by atoms with Gasteiger partial charge in [0.2, 0.25) is 0 Å². The van der Waals surface area contributed by atoms with E-state index in [0.717, 1.165) is 6.07 Å². The van der Waals surface area contributed by atoms with Crippen molar-refractivity contribution in [3.63, 3.8) is 0 Å². The average Bonchev–Trinajstić information content (AvgIpc) is 2.73. The number of ether oxygens (including phenoxy) is 1. The Hall–Kier alpha value is -4.43. The van der Waals surface area contributed by atoms with E-state index < -0.39 is 10.5 Å². The maximum Gasteiger partial charge on any atom is 0.354 e. The van der Waals surface area contributed by atoms with Crippen LogP contribution in [0.4, 0.5) is 5.69 Å². The van der Waals surface area contributed by atoms with E-state index in [2.05, 4.69) is 0 Å². The lowest BCUT2D eigenvalue weighted by Gasteiger charge is -2.08. The number of nitro benzene ring substituents is 1. The highest BCUT2D eigenvalue weighted by molar-refractivity contribution is 5.61. The summed E-state index contributed by atoms with van der Waals surface area (Å²) < 4.78 is 10.4. The molecule has 8 heteroatoms. The summed E-state index contributed by atoms with van der Waals surface area (Å²) in [7, 11) is 1.53. The molecular weight excluding hydrogens is 374 g/mol. The predicted molar refractivity (Wildman–Crippen MR) is 102 cm³/mol. The fourth-order valence-corrected chi connectivity index (χ4v) is 2.84. The number of nitriles is 2. The smallest absolute Gasteiger partial charge is 0.354 e. The molecule has 0 bridgehead atoms. The molecule has 8 nitrogen and oxygen atoms in total. The molecule has 3 aromatic rings. The Kier molecular flexibility index (Phi) is 5.38. The Morgan fingerprint density at radius 3 is 2.38 bits per heavy atom. The van der Waals surface area contributed by atoms with Crippen molar-refractivity contribution < 1.29 is 14.1 Å². The fourth-order valence-electron chi connectivity index (χ4n) is 2.84. The highest BCUT2D eigenvalue weighted by Gasteiger charge is 2.17. The van der Waals surface area contributed by atoms with Gasteiger partial charge in [0, 0.05) is 24.1 Å². The SMILES string of the molecule is COc1ccc(-c2cc(Cc3ccc([N+](=O)[O-])cc3C#N)c(C#N)c(=O)o2)cc1. The second kappa shape index (κ2) is 8.07. The van der Waals surface area contributed by atoms with Gasteiger partial charge in [0.05, 0.1) is 23.7 Å². The lowest BCUT2D eigenvalue weighted by molar-refractivity contribution is -0.384. The number of hydrogen-bond donors (Lipinski definition) is 0. The number of hydrogen-bond acceptors (Lipinski definition) is 7. The van der Waals surface area contributed by atoms with Gasteiger partial charge in [-0.05, 0) is 41.5 Å². The van der Waals surface area contributed by atoms with Gasteiger partial charge in [-0.2, -0.15) is 10.5 Å². The lowest BCUT2D eigenvalue weighted by atomic mass is 9.97. The quantitative estimate of drug-likeness (QED) is 0.483. The molecule has 142 valence electrons. The van der Waals surface area contributed by atoms with Gasteiger partial charge in [-0.25, -0.2) is 4.79 Å². The number of rotatable bonds is 5. The van der Waals surface area contributed by atoms with Crippen molar-refractivity contribution >= 4 is 5.69 Å². The Bertz CT molecular complexity index is 1230. The zero-order chi connectivity index (χ0) is 21.0. The van der Waals surface area contributed by atoms with E-state index in [1.165, 1.54) is 19.2 Å². The molecule has 0 aliphatic rings. The number of nitro groups is 1. The summed E-state index contributed by atoms with van der Waals surface area (Å²) in [4.78, 5) is 22.6. The van der Waals surface area contributed by atoms with Crippen LogP contribution in [0.15, 0.2) is 57.7 Å². The Balaban J connectivity index is 2.08. The van der Waals surface area contributed by atoms with Crippen LogP contribution >= 0.6 is 0 Å². The van der Waals surface area contributed by atoms with Crippen molar-refractivity contribution in [3.8, 4) is 29.2 Å². The second-order valence-electron chi connectivity index (χ2n) is 6.03. The summed E-state index contributed by atoms with van der Waals surface area (Å²) in [6.07, 6.45) is 0.0680. The van der Waals surface area contributed by atoms with Gasteiger partial charge in [0.15, 0.2) is 0 Å². The monoisotopic (exact) mass is 387 g/mol. The van der Waals surface area contributed by atoms with E-state index in [-0.39, 0.29) is 29.0 Å². The first kappa shape index (κ1) is 19.3. The van der Waals surface area contributed by atoms with E-state index in [1.807, 2.05) is 12.1 Å². The zero-order valence-corrected chi connectivity index (χ0v) is 15.2. The minimum atomic E-state index is -0.795. The summed E-state index contributed by atoms with van der Waals surface area (Å²) in [6, 6.07) is 16.0. The normalized spacial score (nSPS) is 10.0. The van der Waals surface area contributed by atoms with E-state index >= 15 is 0 Å². The largest absolute Gasteiger partial charge is 0.497 e. The van der Waals surface area contributed by atoms with Crippen molar-refractivity contribution in [3.05, 3.63) is 91.3 Å². The molecule has 0 fully saturated rings. The van der Waals surface area contributed by atoms with Crippen LogP contribution < -0.4 is 10.4 Å². The summed E-state index contributed by atoms with van der Waals surface area (Å²) in [6.45, 7) is 0. The molecule has 29 heavy (non-hydrogen) atoms. The van der Waals surface area contributed by atoms with Crippen LogP contribution in [0.2, 0.25) is 0 Å². The first-order valence-corrected chi connectivity index (χ1v) is 8.35. The minimum Gasteiger partial charge on any atom is -0.497 e. The molecule has 1 heterocycles. The van der Waals surface area contributed by atoms with Crippen molar-refractivity contribution in [1.29, 1.82) is 10.5 Å². The van der Waals surface area contributed by atoms with Crippen LogP contribution in [0.3, 0.4) is 0 Å². The molecule has 0 atom stereocenters. The van der Waals surface area contributed by atoms with Crippen molar-refractivity contribution in [2.75, 3.05) is 7.11 Å². The number of non-ortho nitro benzene ring substituents is 1. The van der Waals surface area contributed by atoms with Crippen LogP contribution in [0.25, 0.3) is 11.3 Å². The Labute approximate surface area is 165 Å². The molecule has 0 aliphatic heterocycles. The Morgan fingerprint density at radius 2 is 1.79 bits per heavy atom. The van der Waals surface area contributed by atoms with Crippen LogP contribution in [0.5, 0.6) is 5.75 Å². The third-order valence-electron chi connectivity index (χ3n) is 4.33. The molecule has 0 saturated carbocycles. The topological polar surface area (TPSA) is 130 Å². The van der Waals surface area contributed by atoms with Gasteiger partial charge in [-0.15, -0.1) is 0 Å². The van der Waals surface area contributed by atoms with E-state index in [0.29, 0.717) is 22.4 Å². The molecule has 0 radical (unpaired) electrons. The third kappa shape index (κ3) is 3.97. The minimum absolute atomic E-state index is 0.0680. The first-order valence-electron chi connectivity index (χ1n) is 8.35. The van der Waals surface area contributed by atoms with E-state index in [1.54, 1.807) is 30.3 Å².